The van der Waals surface area contributed by atoms with Crippen LogP contribution >= 0.6 is 0 Å². The molecule has 0 bridgehead atoms. The Bertz CT molecular complexity index is 423. The zero-order valence-electron chi connectivity index (χ0n) is 10.0. The van der Waals surface area contributed by atoms with Crippen molar-refractivity contribution in [1.29, 1.82) is 0 Å². The minimum absolute atomic E-state index is 0.107. The molecule has 0 aliphatic carbocycles. The molecule has 1 aromatic carbocycles. The molecule has 0 saturated carbocycles. The lowest BCUT2D eigenvalue weighted by Gasteiger charge is -2.21. The number of benzene rings is 1. The van der Waals surface area contributed by atoms with Crippen LogP contribution in [0.2, 0.25) is 0 Å². The monoisotopic (exact) mass is 231 g/mol. The highest BCUT2D eigenvalue weighted by atomic mass is 16.6. The fourth-order valence-corrected chi connectivity index (χ4v) is 1.83. The van der Waals surface area contributed by atoms with Gasteiger partial charge in [0.1, 0.15) is 13.2 Å². The second-order valence-corrected chi connectivity index (χ2v) is 3.95. The van der Waals surface area contributed by atoms with Crippen LogP contribution < -0.4 is 14.8 Å². The molecule has 3 heteroatoms. The van der Waals surface area contributed by atoms with Gasteiger partial charge < -0.3 is 9.47 Å². The van der Waals surface area contributed by atoms with Gasteiger partial charge in [0.25, 0.3) is 0 Å². The van der Waals surface area contributed by atoms with Crippen molar-refractivity contribution in [2.45, 2.75) is 25.9 Å². The van der Waals surface area contributed by atoms with E-state index in [0.717, 1.165) is 23.5 Å². The van der Waals surface area contributed by atoms with Gasteiger partial charge in [0.15, 0.2) is 11.5 Å². The summed E-state index contributed by atoms with van der Waals surface area (Å²) >= 11 is 0. The molecule has 3 nitrogen and oxygen atoms in total. The summed E-state index contributed by atoms with van der Waals surface area (Å²) in [5.74, 6) is 4.39. The first-order valence-electron chi connectivity index (χ1n) is 5.92. The molecule has 0 aromatic heterocycles. The van der Waals surface area contributed by atoms with Gasteiger partial charge in [-0.15, -0.1) is 6.42 Å². The van der Waals surface area contributed by atoms with Gasteiger partial charge >= 0.3 is 0 Å². The fourth-order valence-electron chi connectivity index (χ4n) is 1.83. The largest absolute Gasteiger partial charge is 0.486 e. The molecular weight excluding hydrogens is 214 g/mol. The maximum atomic E-state index is 5.64. The van der Waals surface area contributed by atoms with Gasteiger partial charge in [0.05, 0.1) is 6.04 Å². The minimum atomic E-state index is 0.107. The Morgan fingerprint density at radius 2 is 2.24 bits per heavy atom. The molecule has 0 saturated heterocycles. The van der Waals surface area contributed by atoms with Gasteiger partial charge in [-0.05, 0) is 12.5 Å². The van der Waals surface area contributed by atoms with E-state index < -0.39 is 0 Å². The van der Waals surface area contributed by atoms with Gasteiger partial charge in [-0.25, -0.2) is 0 Å². The molecule has 0 spiro atoms. The third kappa shape index (κ3) is 2.72. The van der Waals surface area contributed by atoms with E-state index in [1.807, 2.05) is 18.2 Å². The van der Waals surface area contributed by atoms with Crippen molar-refractivity contribution in [1.82, 2.24) is 5.32 Å². The Morgan fingerprint density at radius 3 is 3.00 bits per heavy atom. The van der Waals surface area contributed by atoms with Gasteiger partial charge in [0, 0.05) is 12.1 Å². The average Bonchev–Trinajstić information content (AvgIpc) is 2.40. The van der Waals surface area contributed by atoms with E-state index in [9.17, 15) is 0 Å². The molecule has 0 fully saturated rings. The average molecular weight is 231 g/mol. The van der Waals surface area contributed by atoms with Gasteiger partial charge in [0.2, 0.25) is 0 Å². The van der Waals surface area contributed by atoms with Gasteiger partial charge in [-0.3, -0.25) is 5.32 Å². The lowest BCUT2D eigenvalue weighted by molar-refractivity contribution is 0.169. The molecule has 1 aliphatic heterocycles. The highest BCUT2D eigenvalue weighted by molar-refractivity contribution is 5.47. The van der Waals surface area contributed by atoms with Gasteiger partial charge in [-0.2, -0.15) is 0 Å². The van der Waals surface area contributed by atoms with E-state index in [4.69, 9.17) is 15.9 Å². The smallest absolute Gasteiger partial charge is 0.165 e. The first kappa shape index (κ1) is 11.8. The van der Waals surface area contributed by atoms with Crippen LogP contribution in [0.1, 0.15) is 18.9 Å². The van der Waals surface area contributed by atoms with Crippen molar-refractivity contribution < 1.29 is 9.47 Å². The lowest BCUT2D eigenvalue weighted by Crippen LogP contribution is -2.27. The van der Waals surface area contributed by atoms with Crippen molar-refractivity contribution in [3.05, 3.63) is 23.8 Å². The zero-order valence-corrected chi connectivity index (χ0v) is 10.0. The predicted octanol–water partition coefficient (Wildman–Crippen LogP) is 1.96. The van der Waals surface area contributed by atoms with Gasteiger partial charge in [-0.1, -0.05) is 25.0 Å². The van der Waals surface area contributed by atoms with Crippen LogP contribution in [0.25, 0.3) is 0 Å². The number of ether oxygens (including phenoxy) is 2. The fraction of sp³-hybridized carbons (Fsp3) is 0.429. The zero-order chi connectivity index (χ0) is 12.1. The summed E-state index contributed by atoms with van der Waals surface area (Å²) in [5, 5.41) is 3.31. The quantitative estimate of drug-likeness (QED) is 0.803. The van der Waals surface area contributed by atoms with Crippen molar-refractivity contribution in [2.24, 2.45) is 0 Å². The van der Waals surface area contributed by atoms with Crippen LogP contribution in [0.3, 0.4) is 0 Å². The first-order valence-corrected chi connectivity index (χ1v) is 5.92. The predicted molar refractivity (Wildman–Crippen MR) is 67.2 cm³/mol. The van der Waals surface area contributed by atoms with Crippen LogP contribution in [0.5, 0.6) is 11.5 Å². The van der Waals surface area contributed by atoms with Crippen molar-refractivity contribution in [3.63, 3.8) is 0 Å². The van der Waals surface area contributed by atoms with Crippen LogP contribution in [0, 0.1) is 12.3 Å². The molecule has 0 radical (unpaired) electrons. The van der Waals surface area contributed by atoms with Crippen LogP contribution in [-0.4, -0.2) is 19.3 Å². The Balaban J connectivity index is 2.08. The molecule has 1 aromatic rings. The molecule has 1 unspecified atom stereocenters. The Hall–Kier alpha value is -1.66. The van der Waals surface area contributed by atoms with Crippen molar-refractivity contribution in [2.75, 3.05) is 13.2 Å². The number of nitrogens with one attached hydrogen (secondary N) is 1. The van der Waals surface area contributed by atoms with E-state index in [2.05, 4.69) is 18.2 Å². The van der Waals surface area contributed by atoms with E-state index in [1.165, 1.54) is 0 Å². The molecule has 1 aliphatic rings. The Kier molecular flexibility index (Phi) is 3.89. The third-order valence-corrected chi connectivity index (χ3v) is 2.80. The lowest BCUT2D eigenvalue weighted by atomic mass is 10.1. The maximum Gasteiger partial charge on any atom is 0.165 e. The van der Waals surface area contributed by atoms with Crippen LogP contribution in [0.15, 0.2) is 18.2 Å². The number of para-hydroxylation sites is 1. The highest BCUT2D eigenvalue weighted by Gasteiger charge is 2.15. The first-order chi connectivity index (χ1) is 8.35. The molecular formula is C14H17NO2. The molecule has 17 heavy (non-hydrogen) atoms. The summed E-state index contributed by atoms with van der Waals surface area (Å²) < 4.78 is 11.2. The molecule has 1 heterocycles. The Labute approximate surface area is 102 Å². The van der Waals surface area contributed by atoms with E-state index >= 15 is 0 Å². The molecule has 0 amide bonds. The highest BCUT2D eigenvalue weighted by Crippen LogP contribution is 2.33. The molecule has 90 valence electrons. The summed E-state index contributed by atoms with van der Waals surface area (Å²) in [6.45, 7) is 4.00. The van der Waals surface area contributed by atoms with E-state index in [1.54, 1.807) is 0 Å². The Morgan fingerprint density at radius 1 is 1.41 bits per heavy atom. The normalized spacial score (nSPS) is 15.1. The van der Waals surface area contributed by atoms with Crippen molar-refractivity contribution >= 4 is 0 Å². The van der Waals surface area contributed by atoms with Crippen LogP contribution in [0.4, 0.5) is 0 Å². The number of rotatable bonds is 4. The second-order valence-electron chi connectivity index (χ2n) is 3.95. The minimum Gasteiger partial charge on any atom is -0.486 e. The third-order valence-electron chi connectivity index (χ3n) is 2.80. The standard InChI is InChI=1S/C14H17NO2/c1-3-12(4-2)15-10-11-6-5-7-13-14(11)17-9-8-16-13/h1,5-7,12,15H,4,8-10H2,2H3. The van der Waals surface area contributed by atoms with E-state index in [0.29, 0.717) is 19.8 Å². The van der Waals surface area contributed by atoms with E-state index in [-0.39, 0.29) is 6.04 Å². The topological polar surface area (TPSA) is 30.5 Å². The number of hydrogen-bond acceptors (Lipinski definition) is 3. The summed E-state index contributed by atoms with van der Waals surface area (Å²) in [4.78, 5) is 0. The second kappa shape index (κ2) is 5.60. The maximum absolute atomic E-state index is 5.64. The number of fused-ring (bicyclic) bond motifs is 1. The van der Waals surface area contributed by atoms with Crippen molar-refractivity contribution in [3.8, 4) is 23.8 Å². The SMILES string of the molecule is C#CC(CC)NCc1cccc2c1OCCO2. The molecule has 1 atom stereocenters. The number of hydrogen-bond donors (Lipinski definition) is 1. The summed E-state index contributed by atoms with van der Waals surface area (Å²) in [5.41, 5.74) is 1.09. The molecule has 2 rings (SSSR count). The number of terminal acetylenes is 1. The summed E-state index contributed by atoms with van der Waals surface area (Å²) in [6.07, 6.45) is 6.34. The van der Waals surface area contributed by atoms with Crippen LogP contribution in [-0.2, 0) is 6.54 Å². The summed E-state index contributed by atoms with van der Waals surface area (Å²) in [6, 6.07) is 6.04. The molecule has 1 N–H and O–H groups in total. The summed E-state index contributed by atoms with van der Waals surface area (Å²) in [7, 11) is 0.